The highest BCUT2D eigenvalue weighted by Gasteiger charge is 2.28. The maximum atomic E-state index is 12.3. The predicted octanol–water partition coefficient (Wildman–Crippen LogP) is 1.33. The summed E-state index contributed by atoms with van der Waals surface area (Å²) in [7, 11) is -0.190. The van der Waals surface area contributed by atoms with Gasteiger partial charge in [-0.25, -0.2) is 9.19 Å². The molecule has 112 valence electrons. The van der Waals surface area contributed by atoms with Crippen LogP contribution in [0, 0.1) is 0 Å². The second-order valence-electron chi connectivity index (χ2n) is 4.71. The summed E-state index contributed by atoms with van der Waals surface area (Å²) in [6.45, 7) is 1.37. The van der Waals surface area contributed by atoms with E-state index in [1.807, 2.05) is 30.3 Å². The third-order valence-corrected chi connectivity index (χ3v) is 4.47. The number of nitrogens with zero attached hydrogens (tertiary/aromatic N) is 3. The van der Waals surface area contributed by atoms with Gasteiger partial charge in [0, 0.05) is 7.05 Å². The van der Waals surface area contributed by atoms with Gasteiger partial charge in [0.25, 0.3) is 0 Å². The lowest BCUT2D eigenvalue weighted by atomic mass is 10.0. The van der Waals surface area contributed by atoms with Gasteiger partial charge in [0.05, 0.1) is 12.5 Å². The van der Waals surface area contributed by atoms with E-state index >= 15 is 0 Å². The second kappa shape index (κ2) is 6.75. The summed E-state index contributed by atoms with van der Waals surface area (Å²) >= 11 is 0. The number of Topliss-reactive ketones (excluding diaryl/α,β-unsaturated/α-hetero) is 1. The molecule has 0 radical (unpaired) electrons. The number of ketones is 1. The van der Waals surface area contributed by atoms with E-state index in [1.165, 1.54) is 19.4 Å². The van der Waals surface area contributed by atoms with Crippen molar-refractivity contribution in [1.29, 1.82) is 0 Å². The van der Waals surface area contributed by atoms with Gasteiger partial charge in [-0.2, -0.15) is 0 Å². The van der Waals surface area contributed by atoms with Crippen molar-refractivity contribution >= 4 is 16.8 Å². The fourth-order valence-electron chi connectivity index (χ4n) is 1.94. The molecular weight excluding hydrogens is 290 g/mol. The number of hydrogen-bond donors (Lipinski definition) is 1. The van der Waals surface area contributed by atoms with Crippen molar-refractivity contribution < 1.29 is 14.2 Å². The van der Waals surface area contributed by atoms with Crippen LogP contribution in [-0.2, 0) is 29.2 Å². The summed E-state index contributed by atoms with van der Waals surface area (Å²) in [5.74, 6) is -0.253. The lowest BCUT2D eigenvalue weighted by Gasteiger charge is -2.22. The van der Waals surface area contributed by atoms with Crippen molar-refractivity contribution in [3.8, 4) is 0 Å². The molecule has 0 fully saturated rings. The molecule has 0 aliphatic rings. The zero-order valence-electron chi connectivity index (χ0n) is 11.8. The third-order valence-electron chi connectivity index (χ3n) is 3.13. The van der Waals surface area contributed by atoms with Crippen molar-refractivity contribution in [2.45, 2.75) is 24.4 Å². The van der Waals surface area contributed by atoms with E-state index in [1.54, 1.807) is 11.6 Å². The SMILES string of the molecule is CC(=O)[C@H](Cc1ccccc1)N(O)S(=O)c1cncn1C. The molecule has 1 aromatic carbocycles. The Balaban J connectivity index is 2.20. The van der Waals surface area contributed by atoms with Crippen LogP contribution in [0.3, 0.4) is 0 Å². The molecule has 1 aromatic heterocycles. The largest absolute Gasteiger partial charge is 0.326 e. The first-order chi connectivity index (χ1) is 10.0. The molecule has 0 amide bonds. The Morgan fingerprint density at radius 2 is 2.10 bits per heavy atom. The monoisotopic (exact) mass is 307 g/mol. The van der Waals surface area contributed by atoms with Gasteiger partial charge in [-0.15, -0.1) is 0 Å². The van der Waals surface area contributed by atoms with E-state index < -0.39 is 17.0 Å². The molecule has 6 nitrogen and oxygen atoms in total. The molecule has 1 N–H and O–H groups in total. The topological polar surface area (TPSA) is 75.4 Å². The summed E-state index contributed by atoms with van der Waals surface area (Å²) in [5.41, 5.74) is 0.888. The van der Waals surface area contributed by atoms with Crippen LogP contribution >= 0.6 is 0 Å². The molecule has 0 spiro atoms. The molecule has 21 heavy (non-hydrogen) atoms. The molecule has 2 atom stereocenters. The fraction of sp³-hybridized carbons (Fsp3) is 0.286. The van der Waals surface area contributed by atoms with Crippen molar-refractivity contribution in [2.24, 2.45) is 7.05 Å². The first kappa shape index (κ1) is 15.6. The molecule has 1 unspecified atom stereocenters. The lowest BCUT2D eigenvalue weighted by Crippen LogP contribution is -2.41. The smallest absolute Gasteiger partial charge is 0.170 e. The molecule has 0 saturated heterocycles. The Bertz CT molecular complexity index is 642. The minimum absolute atomic E-state index is 0.253. The van der Waals surface area contributed by atoms with Crippen molar-refractivity contribution in [2.75, 3.05) is 0 Å². The van der Waals surface area contributed by atoms with Crippen LogP contribution in [0.2, 0.25) is 0 Å². The molecular formula is C14H17N3O3S. The van der Waals surface area contributed by atoms with Gasteiger partial charge in [0.1, 0.15) is 11.1 Å². The Morgan fingerprint density at radius 1 is 1.43 bits per heavy atom. The fourth-order valence-corrected chi connectivity index (χ4v) is 3.03. The standard InChI is InChI=1S/C14H17N3O3S/c1-11(18)13(8-12-6-4-3-5-7-12)17(19)21(20)14-9-15-10-16(14)2/h3-7,9-10,13,19H,8H2,1-2H3/t13-,21?/m0/s1. The summed E-state index contributed by atoms with van der Waals surface area (Å²) in [5, 5.41) is 10.5. The average molecular weight is 307 g/mol. The molecule has 0 aliphatic carbocycles. The molecule has 0 saturated carbocycles. The Hall–Kier alpha value is -1.83. The number of carbonyl (C=O) groups excluding carboxylic acids is 1. The highest BCUT2D eigenvalue weighted by Crippen LogP contribution is 2.15. The first-order valence-corrected chi connectivity index (χ1v) is 7.52. The highest BCUT2D eigenvalue weighted by atomic mass is 32.2. The average Bonchev–Trinajstić information content (AvgIpc) is 2.90. The van der Waals surface area contributed by atoms with Crippen LogP contribution in [0.15, 0.2) is 47.9 Å². The van der Waals surface area contributed by atoms with Crippen molar-refractivity contribution in [3.05, 3.63) is 48.4 Å². The van der Waals surface area contributed by atoms with Gasteiger partial charge in [-0.3, -0.25) is 4.79 Å². The van der Waals surface area contributed by atoms with Crippen LogP contribution < -0.4 is 0 Å². The van der Waals surface area contributed by atoms with Gasteiger partial charge < -0.3 is 9.77 Å². The number of benzene rings is 1. The summed E-state index contributed by atoms with van der Waals surface area (Å²) in [6, 6.07) is 8.42. The number of rotatable bonds is 6. The number of hydroxylamine groups is 1. The second-order valence-corrected chi connectivity index (χ2v) is 6.00. The van der Waals surface area contributed by atoms with E-state index in [0.29, 0.717) is 9.49 Å². The van der Waals surface area contributed by atoms with E-state index in [4.69, 9.17) is 0 Å². The maximum absolute atomic E-state index is 12.3. The zero-order valence-corrected chi connectivity index (χ0v) is 12.7. The van der Waals surface area contributed by atoms with Crippen molar-refractivity contribution in [3.63, 3.8) is 0 Å². The molecule has 1 heterocycles. The molecule has 2 aromatic rings. The van der Waals surface area contributed by atoms with Gasteiger partial charge in [0.15, 0.2) is 16.8 Å². The lowest BCUT2D eigenvalue weighted by molar-refractivity contribution is -0.129. The number of aromatic nitrogens is 2. The predicted molar refractivity (Wildman–Crippen MR) is 77.9 cm³/mol. The maximum Gasteiger partial charge on any atom is 0.170 e. The number of imidazole rings is 1. The Kier molecular flexibility index (Phi) is 5.00. The molecule has 0 bridgehead atoms. The Labute approximate surface area is 125 Å². The van der Waals surface area contributed by atoms with E-state index in [0.717, 1.165) is 5.56 Å². The van der Waals surface area contributed by atoms with Crippen LogP contribution in [0.5, 0.6) is 0 Å². The first-order valence-electron chi connectivity index (χ1n) is 6.41. The molecule has 7 heteroatoms. The summed E-state index contributed by atoms with van der Waals surface area (Å²) in [4.78, 5) is 15.7. The van der Waals surface area contributed by atoms with Gasteiger partial charge >= 0.3 is 0 Å². The minimum atomic E-state index is -1.86. The van der Waals surface area contributed by atoms with Gasteiger partial charge in [0.2, 0.25) is 0 Å². The number of carbonyl (C=O) groups is 1. The third kappa shape index (κ3) is 3.63. The quantitative estimate of drug-likeness (QED) is 0.817. The highest BCUT2D eigenvalue weighted by molar-refractivity contribution is 7.82. The van der Waals surface area contributed by atoms with E-state index in [-0.39, 0.29) is 12.2 Å². The van der Waals surface area contributed by atoms with Crippen LogP contribution in [0.25, 0.3) is 0 Å². The normalized spacial score (nSPS) is 14.1. The summed E-state index contributed by atoms with van der Waals surface area (Å²) < 4.78 is 14.5. The minimum Gasteiger partial charge on any atom is -0.326 e. The zero-order chi connectivity index (χ0) is 15.4. The summed E-state index contributed by atoms with van der Waals surface area (Å²) in [6.07, 6.45) is 3.18. The Morgan fingerprint density at radius 3 is 2.62 bits per heavy atom. The number of hydrogen-bond acceptors (Lipinski definition) is 4. The number of aryl methyl sites for hydroxylation is 1. The van der Waals surface area contributed by atoms with Gasteiger partial charge in [-0.05, 0) is 18.9 Å². The van der Waals surface area contributed by atoms with Crippen molar-refractivity contribution in [1.82, 2.24) is 14.0 Å². The van der Waals surface area contributed by atoms with E-state index in [2.05, 4.69) is 4.98 Å². The molecule has 0 aliphatic heterocycles. The van der Waals surface area contributed by atoms with Gasteiger partial charge in [-0.1, -0.05) is 34.8 Å². The van der Waals surface area contributed by atoms with Crippen LogP contribution in [0.4, 0.5) is 0 Å². The van der Waals surface area contributed by atoms with E-state index in [9.17, 15) is 14.2 Å². The van der Waals surface area contributed by atoms with Crippen LogP contribution in [0.1, 0.15) is 12.5 Å². The molecule has 2 rings (SSSR count). The van der Waals surface area contributed by atoms with Crippen LogP contribution in [-0.4, -0.2) is 35.3 Å².